The Morgan fingerprint density at radius 3 is 2.72 bits per heavy atom. The second-order valence-electron chi connectivity index (χ2n) is 7.85. The molecule has 0 amide bonds. The maximum Gasteiger partial charge on any atom is 0.180 e. The molecule has 1 N–H and O–H groups in total. The van der Waals surface area contributed by atoms with Crippen molar-refractivity contribution >= 4 is 5.78 Å². The Balaban J connectivity index is 1.63. The monoisotopic (exact) mass is 394 g/mol. The molecule has 0 radical (unpaired) electrons. The van der Waals surface area contributed by atoms with Gasteiger partial charge in [-0.1, -0.05) is 12.1 Å². The molecule has 2 atom stereocenters. The molecule has 6 heteroatoms. The van der Waals surface area contributed by atoms with Crippen molar-refractivity contribution in [3.8, 4) is 11.8 Å². The molecule has 5 nitrogen and oxygen atoms in total. The standard InChI is InChI=1S/C23H23FN2O3/c1-14-17(9-15-5-7-16(11-25)8-6-15)10-18-21(28)12-26(13-29-23(18)22(14)24)19-3-2-4-20(19)27/h5-8,10,19-20,27H,2-4,9,12-13H2,1H3/t19?,20-/m0/s1. The maximum atomic E-state index is 15.1. The van der Waals surface area contributed by atoms with Crippen LogP contribution in [0, 0.1) is 24.1 Å². The van der Waals surface area contributed by atoms with Gasteiger partial charge < -0.3 is 9.84 Å². The molecule has 0 saturated heterocycles. The Morgan fingerprint density at radius 2 is 2.07 bits per heavy atom. The van der Waals surface area contributed by atoms with Gasteiger partial charge in [-0.05, 0) is 67.5 Å². The van der Waals surface area contributed by atoms with E-state index < -0.39 is 11.9 Å². The molecule has 1 fully saturated rings. The molecular formula is C23H23FN2O3. The van der Waals surface area contributed by atoms with Crippen molar-refractivity contribution in [1.82, 2.24) is 4.90 Å². The normalized spacial score (nSPS) is 21.9. The van der Waals surface area contributed by atoms with Crippen LogP contribution in [0.1, 0.15) is 51.9 Å². The molecule has 29 heavy (non-hydrogen) atoms. The predicted octanol–water partition coefficient (Wildman–Crippen LogP) is 3.34. The number of Topliss-reactive ketones (excluding diaryl/α,β-unsaturated/α-hetero) is 1. The second kappa shape index (κ2) is 7.94. The first-order valence-corrected chi connectivity index (χ1v) is 9.87. The zero-order valence-electron chi connectivity index (χ0n) is 16.3. The molecular weight excluding hydrogens is 371 g/mol. The van der Waals surface area contributed by atoms with Gasteiger partial charge >= 0.3 is 0 Å². The van der Waals surface area contributed by atoms with Crippen LogP contribution in [0.15, 0.2) is 30.3 Å². The fourth-order valence-electron chi connectivity index (χ4n) is 4.25. The lowest BCUT2D eigenvalue weighted by Gasteiger charge is -2.28. The predicted molar refractivity (Wildman–Crippen MR) is 105 cm³/mol. The molecule has 1 aliphatic heterocycles. The largest absolute Gasteiger partial charge is 0.474 e. The lowest BCUT2D eigenvalue weighted by molar-refractivity contribution is 0.0280. The number of aliphatic hydroxyl groups excluding tert-OH is 1. The number of halogens is 1. The van der Waals surface area contributed by atoms with E-state index in [1.807, 2.05) is 17.0 Å². The Hall–Kier alpha value is -2.75. The van der Waals surface area contributed by atoms with Crippen molar-refractivity contribution in [3.05, 3.63) is 64.0 Å². The van der Waals surface area contributed by atoms with Gasteiger partial charge in [0.2, 0.25) is 0 Å². The molecule has 1 aliphatic carbocycles. The number of nitrogens with zero attached hydrogens (tertiary/aromatic N) is 2. The summed E-state index contributed by atoms with van der Waals surface area (Å²) in [5.74, 6) is -0.698. The molecule has 0 spiro atoms. The van der Waals surface area contributed by atoms with Crippen LogP contribution in [0.3, 0.4) is 0 Å². The third kappa shape index (κ3) is 3.76. The van der Waals surface area contributed by atoms with Gasteiger partial charge in [0.05, 0.1) is 29.8 Å². The van der Waals surface area contributed by atoms with Crippen LogP contribution in [-0.2, 0) is 6.42 Å². The summed E-state index contributed by atoms with van der Waals surface area (Å²) in [6.45, 7) is 1.88. The summed E-state index contributed by atoms with van der Waals surface area (Å²) in [5.41, 5.74) is 2.93. The number of carbonyl (C=O) groups excluding carboxylic acids is 1. The van der Waals surface area contributed by atoms with Crippen molar-refractivity contribution in [1.29, 1.82) is 5.26 Å². The number of ether oxygens (including phenoxy) is 1. The minimum absolute atomic E-state index is 0.00562. The van der Waals surface area contributed by atoms with Crippen LogP contribution in [-0.4, -0.2) is 41.2 Å². The molecule has 0 aromatic heterocycles. The van der Waals surface area contributed by atoms with Crippen molar-refractivity contribution in [3.63, 3.8) is 0 Å². The van der Waals surface area contributed by atoms with Crippen LogP contribution < -0.4 is 4.74 Å². The van der Waals surface area contributed by atoms with Crippen LogP contribution in [0.4, 0.5) is 4.39 Å². The van der Waals surface area contributed by atoms with Gasteiger partial charge in [0, 0.05) is 6.04 Å². The van der Waals surface area contributed by atoms with Crippen LogP contribution in [0.2, 0.25) is 0 Å². The van der Waals surface area contributed by atoms with E-state index in [1.54, 1.807) is 25.1 Å². The highest BCUT2D eigenvalue weighted by molar-refractivity contribution is 6.00. The highest BCUT2D eigenvalue weighted by Gasteiger charge is 2.35. The minimum Gasteiger partial charge on any atom is -0.474 e. The fraction of sp³-hybridized carbons (Fsp3) is 0.391. The first-order valence-electron chi connectivity index (χ1n) is 9.87. The molecule has 0 bridgehead atoms. The van der Waals surface area contributed by atoms with Gasteiger partial charge in [0.1, 0.15) is 6.73 Å². The summed E-state index contributed by atoms with van der Waals surface area (Å²) >= 11 is 0. The van der Waals surface area contributed by atoms with E-state index in [-0.39, 0.29) is 36.4 Å². The maximum absolute atomic E-state index is 15.1. The van der Waals surface area contributed by atoms with Gasteiger partial charge in [0.25, 0.3) is 0 Å². The number of benzene rings is 2. The molecule has 150 valence electrons. The van der Waals surface area contributed by atoms with Crippen LogP contribution in [0.5, 0.6) is 5.75 Å². The second-order valence-corrected chi connectivity index (χ2v) is 7.85. The average Bonchev–Trinajstić information content (AvgIpc) is 3.08. The quantitative estimate of drug-likeness (QED) is 0.864. The van der Waals surface area contributed by atoms with E-state index in [2.05, 4.69) is 6.07 Å². The first kappa shape index (κ1) is 19.6. The van der Waals surface area contributed by atoms with Gasteiger partial charge in [-0.15, -0.1) is 0 Å². The van der Waals surface area contributed by atoms with E-state index in [0.29, 0.717) is 24.0 Å². The van der Waals surface area contributed by atoms with E-state index in [1.165, 1.54) is 0 Å². The van der Waals surface area contributed by atoms with Crippen molar-refractivity contribution < 1.29 is 19.0 Å². The SMILES string of the molecule is Cc1c(Cc2ccc(C#N)cc2)cc2c(c1F)OCN(C1CCC[C@@H]1O)CC2=O. The number of aliphatic hydroxyl groups is 1. The molecule has 4 rings (SSSR count). The summed E-state index contributed by atoms with van der Waals surface area (Å²) in [4.78, 5) is 14.7. The summed E-state index contributed by atoms with van der Waals surface area (Å²) in [5, 5.41) is 19.1. The smallest absolute Gasteiger partial charge is 0.180 e. The third-order valence-electron chi connectivity index (χ3n) is 5.99. The number of ketones is 1. The molecule has 2 aliphatic rings. The number of rotatable bonds is 3. The lowest BCUT2D eigenvalue weighted by Crippen LogP contribution is -2.44. The zero-order valence-corrected chi connectivity index (χ0v) is 16.3. The van der Waals surface area contributed by atoms with E-state index in [0.717, 1.165) is 24.0 Å². The highest BCUT2D eigenvalue weighted by atomic mass is 19.1. The number of carbonyl (C=O) groups is 1. The molecule has 1 unspecified atom stereocenters. The van der Waals surface area contributed by atoms with Crippen molar-refractivity contribution in [2.75, 3.05) is 13.3 Å². The first-order chi connectivity index (χ1) is 14.0. The topological polar surface area (TPSA) is 73.6 Å². The van der Waals surface area contributed by atoms with Crippen molar-refractivity contribution in [2.24, 2.45) is 0 Å². The Morgan fingerprint density at radius 1 is 1.31 bits per heavy atom. The molecule has 2 aromatic rings. The van der Waals surface area contributed by atoms with Gasteiger partial charge in [0.15, 0.2) is 17.3 Å². The highest BCUT2D eigenvalue weighted by Crippen LogP contribution is 2.34. The number of hydrogen-bond donors (Lipinski definition) is 1. The lowest BCUT2D eigenvalue weighted by atomic mass is 9.95. The average molecular weight is 394 g/mol. The Kier molecular flexibility index (Phi) is 5.35. The minimum atomic E-state index is -0.506. The summed E-state index contributed by atoms with van der Waals surface area (Å²) in [7, 11) is 0. The molecule has 1 saturated carbocycles. The van der Waals surface area contributed by atoms with Crippen molar-refractivity contribution in [2.45, 2.75) is 44.8 Å². The van der Waals surface area contributed by atoms with E-state index >= 15 is 4.39 Å². The van der Waals surface area contributed by atoms with Gasteiger partial charge in [-0.2, -0.15) is 5.26 Å². The van der Waals surface area contributed by atoms with E-state index in [9.17, 15) is 9.90 Å². The molecule has 1 heterocycles. The van der Waals surface area contributed by atoms with Gasteiger partial charge in [-0.3, -0.25) is 9.69 Å². The fourth-order valence-corrected chi connectivity index (χ4v) is 4.25. The zero-order chi connectivity index (χ0) is 20.5. The number of nitriles is 1. The summed E-state index contributed by atoms with van der Waals surface area (Å²) in [6.07, 6.45) is 2.40. The number of fused-ring (bicyclic) bond motifs is 1. The summed E-state index contributed by atoms with van der Waals surface area (Å²) in [6, 6.07) is 10.8. The van der Waals surface area contributed by atoms with Gasteiger partial charge in [-0.25, -0.2) is 4.39 Å². The molecule has 2 aromatic carbocycles. The number of hydrogen-bond acceptors (Lipinski definition) is 5. The third-order valence-corrected chi connectivity index (χ3v) is 5.99. The summed E-state index contributed by atoms with van der Waals surface area (Å²) < 4.78 is 20.8. The van der Waals surface area contributed by atoms with E-state index in [4.69, 9.17) is 10.00 Å². The Bertz CT molecular complexity index is 981. The van der Waals surface area contributed by atoms with Crippen LogP contribution >= 0.6 is 0 Å². The Labute approximate surface area is 169 Å². The van der Waals surface area contributed by atoms with Crippen LogP contribution in [0.25, 0.3) is 0 Å².